The van der Waals surface area contributed by atoms with Gasteiger partial charge in [0.2, 0.25) is 0 Å². The van der Waals surface area contributed by atoms with Gasteiger partial charge in [0, 0.05) is 18.7 Å². The highest BCUT2D eigenvalue weighted by Crippen LogP contribution is 2.30. The van der Waals surface area contributed by atoms with Crippen LogP contribution in [0.4, 0.5) is 11.6 Å². The second-order valence-corrected chi connectivity index (χ2v) is 6.49. The summed E-state index contributed by atoms with van der Waals surface area (Å²) in [6, 6.07) is 2.57. The van der Waals surface area contributed by atoms with Gasteiger partial charge >= 0.3 is 0 Å². The lowest BCUT2D eigenvalue weighted by molar-refractivity contribution is 0.312. The molecule has 1 aliphatic carbocycles. The first-order chi connectivity index (χ1) is 10.3. The third kappa shape index (κ3) is 4.77. The van der Waals surface area contributed by atoms with Crippen molar-refractivity contribution >= 4 is 23.4 Å². The summed E-state index contributed by atoms with van der Waals surface area (Å²) >= 11 is 1.59. The molecule has 0 spiro atoms. The van der Waals surface area contributed by atoms with Crippen LogP contribution < -0.4 is 10.6 Å². The predicted molar refractivity (Wildman–Crippen MR) is 92.3 cm³/mol. The minimum absolute atomic E-state index is 0.532. The van der Waals surface area contributed by atoms with Crippen LogP contribution in [0.15, 0.2) is 11.2 Å². The number of rotatable bonds is 7. The average Bonchev–Trinajstić information content (AvgIpc) is 2.53. The molecule has 0 aliphatic heterocycles. The zero-order chi connectivity index (χ0) is 15.1. The van der Waals surface area contributed by atoms with Crippen LogP contribution in [0.25, 0.3) is 0 Å². The van der Waals surface area contributed by atoms with Crippen molar-refractivity contribution in [2.24, 2.45) is 5.92 Å². The van der Waals surface area contributed by atoms with E-state index in [2.05, 4.69) is 34.4 Å². The molecule has 0 bridgehead atoms. The second-order valence-electron chi connectivity index (χ2n) is 5.71. The van der Waals surface area contributed by atoms with E-state index in [0.717, 1.165) is 35.7 Å². The number of thioether (sulfide) groups is 1. The summed E-state index contributed by atoms with van der Waals surface area (Å²) in [7, 11) is 0. The van der Waals surface area contributed by atoms with E-state index in [9.17, 15) is 0 Å². The summed E-state index contributed by atoms with van der Waals surface area (Å²) in [5.41, 5.74) is 0. The molecule has 21 heavy (non-hydrogen) atoms. The monoisotopic (exact) mass is 308 g/mol. The van der Waals surface area contributed by atoms with Gasteiger partial charge in [0.05, 0.1) is 0 Å². The third-order valence-electron chi connectivity index (χ3n) is 4.24. The number of nitrogens with one attached hydrogen (secondary N) is 2. The molecule has 1 atom stereocenters. The number of hydrogen-bond acceptors (Lipinski definition) is 5. The van der Waals surface area contributed by atoms with Crippen molar-refractivity contribution in [2.45, 2.75) is 63.6 Å². The van der Waals surface area contributed by atoms with Gasteiger partial charge in [-0.15, -0.1) is 0 Å². The van der Waals surface area contributed by atoms with Crippen LogP contribution in [0.1, 0.15) is 52.4 Å². The fourth-order valence-electron chi connectivity index (χ4n) is 3.14. The van der Waals surface area contributed by atoms with Gasteiger partial charge < -0.3 is 10.6 Å². The first kappa shape index (κ1) is 16.4. The molecule has 1 aliphatic rings. The van der Waals surface area contributed by atoms with Crippen LogP contribution in [-0.4, -0.2) is 28.8 Å². The Labute approximate surface area is 132 Å². The Morgan fingerprint density at radius 2 is 1.90 bits per heavy atom. The van der Waals surface area contributed by atoms with Gasteiger partial charge in [-0.3, -0.25) is 0 Å². The van der Waals surface area contributed by atoms with E-state index in [1.54, 1.807) is 11.8 Å². The molecule has 1 aromatic rings. The number of anilines is 2. The summed E-state index contributed by atoms with van der Waals surface area (Å²) in [6.45, 7) is 5.24. The van der Waals surface area contributed by atoms with Gasteiger partial charge in [0.25, 0.3) is 0 Å². The van der Waals surface area contributed by atoms with Crippen LogP contribution in [0.3, 0.4) is 0 Å². The standard InChI is InChI=1S/C16H28N4S/c1-4-13(12-9-7-6-8-10-12)18-15-11-14(17-5-2)19-16(20-15)21-3/h11-13H,4-10H2,1-3H3,(H2,17,18,19,20). The summed E-state index contributed by atoms with van der Waals surface area (Å²) in [5.74, 6) is 2.67. The molecule has 1 saturated carbocycles. The highest BCUT2D eigenvalue weighted by molar-refractivity contribution is 7.98. The third-order valence-corrected chi connectivity index (χ3v) is 4.79. The van der Waals surface area contributed by atoms with Crippen LogP contribution in [0.2, 0.25) is 0 Å². The zero-order valence-electron chi connectivity index (χ0n) is 13.5. The fourth-order valence-corrected chi connectivity index (χ4v) is 3.52. The minimum atomic E-state index is 0.532. The van der Waals surface area contributed by atoms with E-state index in [1.807, 2.05) is 12.3 Å². The molecule has 4 nitrogen and oxygen atoms in total. The van der Waals surface area contributed by atoms with Crippen molar-refractivity contribution in [3.05, 3.63) is 6.07 Å². The van der Waals surface area contributed by atoms with Gasteiger partial charge in [0.1, 0.15) is 11.6 Å². The second kappa shape index (κ2) is 8.47. The van der Waals surface area contributed by atoms with Crippen molar-refractivity contribution in [3.8, 4) is 0 Å². The Morgan fingerprint density at radius 1 is 1.19 bits per heavy atom. The van der Waals surface area contributed by atoms with E-state index >= 15 is 0 Å². The Balaban J connectivity index is 2.09. The van der Waals surface area contributed by atoms with E-state index in [-0.39, 0.29) is 0 Å². The van der Waals surface area contributed by atoms with E-state index in [0.29, 0.717) is 6.04 Å². The van der Waals surface area contributed by atoms with E-state index < -0.39 is 0 Å². The Bertz CT molecular complexity index is 432. The largest absolute Gasteiger partial charge is 0.370 e. The summed E-state index contributed by atoms with van der Waals surface area (Å²) in [4.78, 5) is 9.11. The number of aromatic nitrogens is 2. The fraction of sp³-hybridized carbons (Fsp3) is 0.750. The number of nitrogens with zero attached hydrogens (tertiary/aromatic N) is 2. The maximum atomic E-state index is 4.62. The van der Waals surface area contributed by atoms with Gasteiger partial charge in [-0.25, -0.2) is 9.97 Å². The van der Waals surface area contributed by atoms with E-state index in [1.165, 1.54) is 32.1 Å². The topological polar surface area (TPSA) is 49.8 Å². The molecule has 1 aromatic heterocycles. The molecule has 118 valence electrons. The van der Waals surface area contributed by atoms with Crippen molar-refractivity contribution in [2.75, 3.05) is 23.4 Å². The maximum Gasteiger partial charge on any atom is 0.191 e. The molecule has 1 fully saturated rings. The predicted octanol–water partition coefficient (Wildman–Crippen LogP) is 4.40. The molecular formula is C16H28N4S. The van der Waals surface area contributed by atoms with Gasteiger partial charge in [0.15, 0.2) is 5.16 Å². The van der Waals surface area contributed by atoms with Gasteiger partial charge in [-0.1, -0.05) is 37.9 Å². The lowest BCUT2D eigenvalue weighted by Crippen LogP contribution is -2.30. The van der Waals surface area contributed by atoms with Crippen molar-refractivity contribution in [1.29, 1.82) is 0 Å². The van der Waals surface area contributed by atoms with Gasteiger partial charge in [-0.2, -0.15) is 0 Å². The molecule has 2 N–H and O–H groups in total. The summed E-state index contributed by atoms with van der Waals surface area (Å²) < 4.78 is 0. The molecule has 5 heteroatoms. The Hall–Kier alpha value is -0.970. The van der Waals surface area contributed by atoms with E-state index in [4.69, 9.17) is 0 Å². The van der Waals surface area contributed by atoms with Crippen LogP contribution in [-0.2, 0) is 0 Å². The molecule has 0 aromatic carbocycles. The van der Waals surface area contributed by atoms with Crippen LogP contribution >= 0.6 is 11.8 Å². The Kier molecular flexibility index (Phi) is 6.61. The normalized spacial score (nSPS) is 17.5. The van der Waals surface area contributed by atoms with Crippen molar-refractivity contribution in [3.63, 3.8) is 0 Å². The zero-order valence-corrected chi connectivity index (χ0v) is 14.3. The van der Waals surface area contributed by atoms with Crippen LogP contribution in [0.5, 0.6) is 0 Å². The molecule has 0 radical (unpaired) electrons. The smallest absolute Gasteiger partial charge is 0.191 e. The molecular weight excluding hydrogens is 280 g/mol. The molecule has 0 amide bonds. The highest BCUT2D eigenvalue weighted by atomic mass is 32.2. The number of hydrogen-bond donors (Lipinski definition) is 2. The lowest BCUT2D eigenvalue weighted by Gasteiger charge is -2.30. The highest BCUT2D eigenvalue weighted by Gasteiger charge is 2.22. The van der Waals surface area contributed by atoms with Crippen molar-refractivity contribution < 1.29 is 0 Å². The lowest BCUT2D eigenvalue weighted by atomic mass is 9.83. The first-order valence-electron chi connectivity index (χ1n) is 8.20. The molecule has 0 saturated heterocycles. The SMILES string of the molecule is CCNc1cc(NC(CC)C2CCCCC2)nc(SC)n1. The minimum Gasteiger partial charge on any atom is -0.370 e. The van der Waals surface area contributed by atoms with Crippen molar-refractivity contribution in [1.82, 2.24) is 9.97 Å². The maximum absolute atomic E-state index is 4.62. The quantitative estimate of drug-likeness (QED) is 0.577. The molecule has 2 rings (SSSR count). The molecule has 1 unspecified atom stereocenters. The molecule has 1 heterocycles. The van der Waals surface area contributed by atoms with Crippen LogP contribution in [0, 0.1) is 5.92 Å². The summed E-state index contributed by atoms with van der Waals surface area (Å²) in [5, 5.41) is 7.78. The average molecular weight is 308 g/mol. The summed E-state index contributed by atoms with van der Waals surface area (Å²) in [6.07, 6.45) is 10.0. The Morgan fingerprint density at radius 3 is 2.52 bits per heavy atom. The van der Waals surface area contributed by atoms with Gasteiger partial charge in [-0.05, 0) is 38.4 Å². The first-order valence-corrected chi connectivity index (χ1v) is 9.42.